The molecule has 1 aliphatic rings. The molecule has 0 fully saturated rings. The van der Waals surface area contributed by atoms with Crippen molar-refractivity contribution in [1.29, 1.82) is 0 Å². The van der Waals surface area contributed by atoms with Gasteiger partial charge in [-0.25, -0.2) is 14.8 Å². The van der Waals surface area contributed by atoms with Crippen LogP contribution in [0.5, 0.6) is 6.01 Å². The van der Waals surface area contributed by atoms with Crippen LogP contribution in [0.15, 0.2) is 30.6 Å². The van der Waals surface area contributed by atoms with E-state index in [0.717, 1.165) is 27.7 Å². The number of carbonyl (C=O) groups excluding carboxylic acids is 1. The molecule has 1 aromatic carbocycles. The Kier molecular flexibility index (Phi) is 4.61. The van der Waals surface area contributed by atoms with Gasteiger partial charge in [0.15, 0.2) is 0 Å². The van der Waals surface area contributed by atoms with Crippen LogP contribution in [0, 0.1) is 0 Å². The van der Waals surface area contributed by atoms with Gasteiger partial charge in [-0.1, -0.05) is 11.6 Å². The number of rotatable bonds is 3. The van der Waals surface area contributed by atoms with Gasteiger partial charge in [-0.15, -0.1) is 0 Å². The average molecular weight is 387 g/mol. The number of hydrogen-bond acceptors (Lipinski definition) is 5. The van der Waals surface area contributed by atoms with Crippen molar-refractivity contribution in [2.75, 3.05) is 20.3 Å². The number of hydrogen-bond donors (Lipinski definition) is 1. The lowest BCUT2D eigenvalue weighted by molar-refractivity contribution is 0.0931. The average Bonchev–Trinajstić information content (AvgIpc) is 3.05. The van der Waals surface area contributed by atoms with Gasteiger partial charge >= 0.3 is 12.1 Å². The maximum Gasteiger partial charge on any atom is 0.410 e. The Hall–Kier alpha value is -2.80. The number of amides is 1. The summed E-state index contributed by atoms with van der Waals surface area (Å²) in [6, 6.07) is 5.66. The normalized spacial score (nSPS) is 16.3. The molecule has 8 heteroatoms. The van der Waals surface area contributed by atoms with Crippen LogP contribution < -0.4 is 4.74 Å². The molecule has 0 saturated heterocycles. The lowest BCUT2D eigenvalue weighted by atomic mass is 9.94. The van der Waals surface area contributed by atoms with E-state index in [-0.39, 0.29) is 18.1 Å². The first-order chi connectivity index (χ1) is 13.1. The van der Waals surface area contributed by atoms with Crippen LogP contribution in [0.3, 0.4) is 0 Å². The molecule has 0 spiro atoms. The third kappa shape index (κ3) is 3.08. The molecule has 1 amide bonds. The molecule has 27 heavy (non-hydrogen) atoms. The van der Waals surface area contributed by atoms with E-state index in [1.807, 2.05) is 18.2 Å². The number of nitrogens with one attached hydrogen (secondary N) is 1. The maximum atomic E-state index is 12.6. The van der Waals surface area contributed by atoms with Crippen LogP contribution in [0.1, 0.15) is 29.8 Å². The van der Waals surface area contributed by atoms with Crippen molar-refractivity contribution in [2.24, 2.45) is 0 Å². The first kappa shape index (κ1) is 17.6. The molecular weight excluding hydrogens is 368 g/mol. The predicted molar refractivity (Wildman–Crippen MR) is 101 cm³/mol. The highest BCUT2D eigenvalue weighted by atomic mass is 35.5. The van der Waals surface area contributed by atoms with E-state index in [1.165, 1.54) is 7.11 Å². The molecule has 1 unspecified atom stereocenters. The van der Waals surface area contributed by atoms with Gasteiger partial charge in [0.05, 0.1) is 13.7 Å². The molecule has 2 aromatic heterocycles. The summed E-state index contributed by atoms with van der Waals surface area (Å²) in [6.07, 6.45) is 3.70. The molecule has 0 radical (unpaired) electrons. The SMILES string of the molecule is CCOC(=O)N1CCc2c([nH]c3ccc(Cl)cc23)C1c1cnc(OC)nc1. The fraction of sp³-hybridized carbons (Fsp3) is 0.316. The van der Waals surface area contributed by atoms with Crippen LogP contribution in [0.25, 0.3) is 10.9 Å². The van der Waals surface area contributed by atoms with Gasteiger partial charge in [0.25, 0.3) is 0 Å². The van der Waals surface area contributed by atoms with Crippen molar-refractivity contribution in [2.45, 2.75) is 19.4 Å². The zero-order valence-corrected chi connectivity index (χ0v) is 15.8. The van der Waals surface area contributed by atoms with Gasteiger partial charge in [-0.3, -0.25) is 4.90 Å². The van der Waals surface area contributed by atoms with Gasteiger partial charge in [-0.2, -0.15) is 0 Å². The third-order valence-electron chi connectivity index (χ3n) is 4.74. The van der Waals surface area contributed by atoms with Gasteiger partial charge in [0.1, 0.15) is 6.04 Å². The number of carbonyl (C=O) groups is 1. The summed E-state index contributed by atoms with van der Waals surface area (Å²) in [5.41, 5.74) is 3.84. The van der Waals surface area contributed by atoms with Crippen LogP contribution in [-0.2, 0) is 11.2 Å². The molecule has 0 saturated carbocycles. The van der Waals surface area contributed by atoms with E-state index < -0.39 is 0 Å². The lowest BCUT2D eigenvalue weighted by Gasteiger charge is -2.34. The summed E-state index contributed by atoms with van der Waals surface area (Å²) < 4.78 is 10.3. The predicted octanol–water partition coefficient (Wildman–Crippen LogP) is 3.72. The molecule has 1 atom stereocenters. The lowest BCUT2D eigenvalue weighted by Crippen LogP contribution is -2.41. The number of benzene rings is 1. The minimum absolute atomic E-state index is 0.279. The molecule has 7 nitrogen and oxygen atoms in total. The monoisotopic (exact) mass is 386 g/mol. The quantitative estimate of drug-likeness (QED) is 0.741. The number of nitrogens with zero attached hydrogens (tertiary/aromatic N) is 3. The molecule has 1 N–H and O–H groups in total. The van der Waals surface area contributed by atoms with Crippen LogP contribution >= 0.6 is 11.6 Å². The standard InChI is InChI=1S/C19H19ClN4O3/c1-3-27-19(25)24-7-6-13-14-8-12(20)4-5-15(14)23-16(13)17(24)11-9-21-18(26-2)22-10-11/h4-5,8-10,17,23H,3,6-7H2,1-2H3. The van der Waals surface area contributed by atoms with Crippen molar-refractivity contribution >= 4 is 28.6 Å². The second-order valence-corrected chi connectivity index (χ2v) is 6.69. The summed E-state index contributed by atoms with van der Waals surface area (Å²) in [7, 11) is 1.51. The fourth-order valence-electron chi connectivity index (χ4n) is 3.58. The number of ether oxygens (including phenoxy) is 2. The van der Waals surface area contributed by atoms with Crippen molar-refractivity contribution in [1.82, 2.24) is 19.9 Å². The number of halogens is 1. The highest BCUT2D eigenvalue weighted by Gasteiger charge is 2.35. The minimum atomic E-state index is -0.370. The number of H-pyrrole nitrogens is 1. The Balaban J connectivity index is 1.86. The minimum Gasteiger partial charge on any atom is -0.467 e. The Labute approximate surface area is 161 Å². The number of aromatic amines is 1. The Morgan fingerprint density at radius 2 is 2.15 bits per heavy atom. The zero-order chi connectivity index (χ0) is 19.0. The first-order valence-corrected chi connectivity index (χ1v) is 9.09. The summed E-state index contributed by atoms with van der Waals surface area (Å²) in [6.45, 7) is 2.64. The van der Waals surface area contributed by atoms with Crippen molar-refractivity contribution in [3.63, 3.8) is 0 Å². The van der Waals surface area contributed by atoms with Gasteiger partial charge in [0, 0.05) is 46.1 Å². The summed E-state index contributed by atoms with van der Waals surface area (Å²) in [4.78, 5) is 26.2. The van der Waals surface area contributed by atoms with E-state index in [2.05, 4.69) is 15.0 Å². The molecule has 3 heterocycles. The largest absolute Gasteiger partial charge is 0.467 e. The highest BCUT2D eigenvalue weighted by Crippen LogP contribution is 2.39. The molecule has 4 rings (SSSR count). The van der Waals surface area contributed by atoms with Crippen molar-refractivity contribution in [3.05, 3.63) is 52.4 Å². The van der Waals surface area contributed by atoms with E-state index in [1.54, 1.807) is 24.2 Å². The van der Waals surface area contributed by atoms with Crippen LogP contribution in [0.2, 0.25) is 5.02 Å². The second-order valence-electron chi connectivity index (χ2n) is 6.26. The smallest absolute Gasteiger partial charge is 0.410 e. The number of fused-ring (bicyclic) bond motifs is 3. The van der Waals surface area contributed by atoms with Crippen LogP contribution in [0.4, 0.5) is 4.79 Å². The molecule has 0 bridgehead atoms. The Morgan fingerprint density at radius 1 is 1.37 bits per heavy atom. The maximum absolute atomic E-state index is 12.6. The van der Waals surface area contributed by atoms with Crippen molar-refractivity contribution < 1.29 is 14.3 Å². The van der Waals surface area contributed by atoms with Crippen molar-refractivity contribution in [3.8, 4) is 6.01 Å². The summed E-state index contributed by atoms with van der Waals surface area (Å²) in [5, 5.41) is 1.75. The molecular formula is C19H19ClN4O3. The van der Waals surface area contributed by atoms with E-state index in [0.29, 0.717) is 24.6 Å². The molecule has 0 aliphatic carbocycles. The summed E-state index contributed by atoms with van der Waals surface area (Å²) >= 11 is 6.19. The number of aromatic nitrogens is 3. The molecule has 3 aromatic rings. The first-order valence-electron chi connectivity index (χ1n) is 8.71. The van der Waals surface area contributed by atoms with Gasteiger partial charge in [-0.05, 0) is 37.1 Å². The molecule has 1 aliphatic heterocycles. The zero-order valence-electron chi connectivity index (χ0n) is 15.0. The van der Waals surface area contributed by atoms with E-state index in [9.17, 15) is 4.79 Å². The van der Waals surface area contributed by atoms with Gasteiger partial charge in [0.2, 0.25) is 0 Å². The van der Waals surface area contributed by atoms with E-state index in [4.69, 9.17) is 21.1 Å². The van der Waals surface area contributed by atoms with Crippen LogP contribution in [-0.4, -0.2) is 46.2 Å². The topological polar surface area (TPSA) is 80.3 Å². The highest BCUT2D eigenvalue weighted by molar-refractivity contribution is 6.31. The second kappa shape index (κ2) is 7.08. The summed E-state index contributed by atoms with van der Waals surface area (Å²) in [5.74, 6) is 0. The Morgan fingerprint density at radius 3 is 2.85 bits per heavy atom. The fourth-order valence-corrected chi connectivity index (χ4v) is 3.76. The third-order valence-corrected chi connectivity index (χ3v) is 4.97. The van der Waals surface area contributed by atoms with E-state index >= 15 is 0 Å². The molecule has 140 valence electrons. The Bertz CT molecular complexity index is 987. The van der Waals surface area contributed by atoms with Gasteiger partial charge < -0.3 is 14.5 Å². The number of methoxy groups -OCH3 is 1.